The van der Waals surface area contributed by atoms with Gasteiger partial charge in [-0.1, -0.05) is 59.8 Å². The standard InChI is InChI=1S/C22H25N3O2/c1-17-7-5-6-10-19(17)16-24-11-13-25(14-12-24)22(26)20-15-21(27-23-20)18-8-3-2-4-9-18/h2-10,21H,11-16H2,1H3. The van der Waals surface area contributed by atoms with Crippen molar-refractivity contribution in [2.24, 2.45) is 5.16 Å². The Morgan fingerprint density at radius 3 is 2.48 bits per heavy atom. The summed E-state index contributed by atoms with van der Waals surface area (Å²) >= 11 is 0. The lowest BCUT2D eigenvalue weighted by Crippen LogP contribution is -2.50. The first-order chi connectivity index (χ1) is 13.2. The third kappa shape index (κ3) is 4.03. The Morgan fingerprint density at radius 1 is 1.04 bits per heavy atom. The number of piperazine rings is 1. The van der Waals surface area contributed by atoms with E-state index in [1.165, 1.54) is 11.1 Å². The molecular formula is C22H25N3O2. The molecule has 0 spiro atoms. The van der Waals surface area contributed by atoms with Crippen molar-refractivity contribution in [1.29, 1.82) is 0 Å². The third-order valence-corrected chi connectivity index (χ3v) is 5.40. The Balaban J connectivity index is 1.30. The molecule has 4 rings (SSSR count). The van der Waals surface area contributed by atoms with Crippen molar-refractivity contribution in [1.82, 2.24) is 9.80 Å². The van der Waals surface area contributed by atoms with E-state index in [0.717, 1.165) is 38.3 Å². The minimum absolute atomic E-state index is 0.0176. The number of aryl methyl sites for hydroxylation is 1. The summed E-state index contributed by atoms with van der Waals surface area (Å²) in [4.78, 5) is 22.6. The van der Waals surface area contributed by atoms with E-state index in [9.17, 15) is 4.79 Å². The highest BCUT2D eigenvalue weighted by Gasteiger charge is 2.31. The molecule has 140 valence electrons. The molecule has 0 radical (unpaired) electrons. The molecule has 27 heavy (non-hydrogen) atoms. The van der Waals surface area contributed by atoms with Crippen LogP contribution in [0.25, 0.3) is 0 Å². The minimum atomic E-state index is -0.146. The molecule has 5 heteroatoms. The first-order valence-electron chi connectivity index (χ1n) is 9.54. The van der Waals surface area contributed by atoms with E-state index in [1.54, 1.807) is 0 Å². The number of oxime groups is 1. The summed E-state index contributed by atoms with van der Waals surface area (Å²) in [7, 11) is 0. The molecule has 1 saturated heterocycles. The number of amides is 1. The smallest absolute Gasteiger partial charge is 0.271 e. The lowest BCUT2D eigenvalue weighted by molar-refractivity contribution is -0.125. The first kappa shape index (κ1) is 17.7. The fourth-order valence-corrected chi connectivity index (χ4v) is 3.67. The Morgan fingerprint density at radius 2 is 1.74 bits per heavy atom. The molecule has 1 unspecified atom stereocenters. The van der Waals surface area contributed by atoms with Gasteiger partial charge in [-0.25, -0.2) is 0 Å². The van der Waals surface area contributed by atoms with E-state index in [4.69, 9.17) is 4.84 Å². The van der Waals surface area contributed by atoms with Gasteiger partial charge in [0, 0.05) is 39.1 Å². The van der Waals surface area contributed by atoms with E-state index in [2.05, 4.69) is 41.2 Å². The second kappa shape index (κ2) is 7.92. The topological polar surface area (TPSA) is 45.1 Å². The number of hydrogen-bond acceptors (Lipinski definition) is 4. The van der Waals surface area contributed by atoms with Gasteiger partial charge in [-0.3, -0.25) is 9.69 Å². The fraction of sp³-hybridized carbons (Fsp3) is 0.364. The molecule has 1 amide bonds. The number of hydrogen-bond donors (Lipinski definition) is 0. The van der Waals surface area contributed by atoms with Crippen LogP contribution in [0.3, 0.4) is 0 Å². The molecule has 2 aromatic rings. The molecule has 2 heterocycles. The monoisotopic (exact) mass is 363 g/mol. The van der Waals surface area contributed by atoms with Crippen LogP contribution < -0.4 is 0 Å². The lowest BCUT2D eigenvalue weighted by atomic mass is 10.0. The highest BCUT2D eigenvalue weighted by Crippen LogP contribution is 2.27. The van der Waals surface area contributed by atoms with Crippen molar-refractivity contribution in [2.75, 3.05) is 26.2 Å². The Bertz CT molecular complexity index is 826. The molecule has 0 saturated carbocycles. The van der Waals surface area contributed by atoms with Crippen LogP contribution in [-0.2, 0) is 16.2 Å². The number of carbonyl (C=O) groups is 1. The van der Waals surface area contributed by atoms with Crippen molar-refractivity contribution in [3.63, 3.8) is 0 Å². The molecule has 1 fully saturated rings. The molecular weight excluding hydrogens is 338 g/mol. The van der Waals surface area contributed by atoms with Gasteiger partial charge < -0.3 is 9.74 Å². The summed E-state index contributed by atoms with van der Waals surface area (Å²) in [5.74, 6) is 0.0176. The maximum atomic E-state index is 12.8. The fourth-order valence-electron chi connectivity index (χ4n) is 3.67. The van der Waals surface area contributed by atoms with Crippen molar-refractivity contribution < 1.29 is 9.63 Å². The van der Waals surface area contributed by atoms with Gasteiger partial charge in [0.1, 0.15) is 5.71 Å². The van der Waals surface area contributed by atoms with Gasteiger partial charge in [0.2, 0.25) is 0 Å². The zero-order valence-electron chi connectivity index (χ0n) is 15.7. The van der Waals surface area contributed by atoms with Crippen LogP contribution in [0.1, 0.15) is 29.2 Å². The van der Waals surface area contributed by atoms with Crippen molar-refractivity contribution >= 4 is 11.6 Å². The predicted molar refractivity (Wildman–Crippen MR) is 105 cm³/mol. The van der Waals surface area contributed by atoms with E-state index in [1.807, 2.05) is 35.2 Å². The van der Waals surface area contributed by atoms with Crippen LogP contribution in [0.2, 0.25) is 0 Å². The largest absolute Gasteiger partial charge is 0.387 e. The highest BCUT2D eigenvalue weighted by molar-refractivity contribution is 6.39. The average Bonchev–Trinajstić information content (AvgIpc) is 3.21. The minimum Gasteiger partial charge on any atom is -0.387 e. The maximum absolute atomic E-state index is 12.8. The number of carbonyl (C=O) groups excluding carboxylic acids is 1. The van der Waals surface area contributed by atoms with E-state index >= 15 is 0 Å². The Kier molecular flexibility index (Phi) is 5.21. The van der Waals surface area contributed by atoms with Crippen LogP contribution in [0.5, 0.6) is 0 Å². The lowest BCUT2D eigenvalue weighted by Gasteiger charge is -2.34. The Labute approximate surface area is 160 Å². The second-order valence-corrected chi connectivity index (χ2v) is 7.24. The molecule has 0 bridgehead atoms. The van der Waals surface area contributed by atoms with Crippen molar-refractivity contribution in [3.05, 3.63) is 71.3 Å². The molecule has 1 atom stereocenters. The molecule has 0 N–H and O–H groups in total. The van der Waals surface area contributed by atoms with Gasteiger partial charge in [-0.2, -0.15) is 0 Å². The zero-order valence-corrected chi connectivity index (χ0v) is 15.7. The van der Waals surface area contributed by atoms with Crippen LogP contribution >= 0.6 is 0 Å². The summed E-state index contributed by atoms with van der Waals surface area (Å²) in [5.41, 5.74) is 4.28. The highest BCUT2D eigenvalue weighted by atomic mass is 16.6. The van der Waals surface area contributed by atoms with Gasteiger partial charge in [-0.15, -0.1) is 0 Å². The number of benzene rings is 2. The molecule has 2 aliphatic rings. The average molecular weight is 363 g/mol. The molecule has 5 nitrogen and oxygen atoms in total. The van der Waals surface area contributed by atoms with Gasteiger partial charge in [0.15, 0.2) is 6.10 Å². The molecule has 2 aliphatic heterocycles. The summed E-state index contributed by atoms with van der Waals surface area (Å²) in [6, 6.07) is 18.4. The van der Waals surface area contributed by atoms with Crippen LogP contribution in [-0.4, -0.2) is 47.6 Å². The van der Waals surface area contributed by atoms with Crippen LogP contribution in [0.15, 0.2) is 59.8 Å². The van der Waals surface area contributed by atoms with Gasteiger partial charge in [-0.05, 0) is 23.6 Å². The normalized spacial score (nSPS) is 20.3. The van der Waals surface area contributed by atoms with Crippen molar-refractivity contribution in [2.45, 2.75) is 26.0 Å². The maximum Gasteiger partial charge on any atom is 0.271 e. The van der Waals surface area contributed by atoms with Crippen LogP contribution in [0, 0.1) is 6.92 Å². The first-order valence-corrected chi connectivity index (χ1v) is 9.54. The predicted octanol–water partition coefficient (Wildman–Crippen LogP) is 3.16. The molecule has 2 aromatic carbocycles. The molecule has 0 aliphatic carbocycles. The summed E-state index contributed by atoms with van der Waals surface area (Å²) < 4.78 is 0. The summed E-state index contributed by atoms with van der Waals surface area (Å²) in [5, 5.41) is 4.08. The van der Waals surface area contributed by atoms with Gasteiger partial charge >= 0.3 is 0 Å². The molecule has 0 aromatic heterocycles. The number of rotatable bonds is 4. The third-order valence-electron chi connectivity index (χ3n) is 5.40. The van der Waals surface area contributed by atoms with E-state index in [-0.39, 0.29) is 12.0 Å². The quantitative estimate of drug-likeness (QED) is 0.838. The SMILES string of the molecule is Cc1ccccc1CN1CCN(C(=O)C2=NOC(c3ccccc3)C2)CC1. The second-order valence-electron chi connectivity index (χ2n) is 7.24. The van der Waals surface area contributed by atoms with Crippen LogP contribution in [0.4, 0.5) is 0 Å². The van der Waals surface area contributed by atoms with Gasteiger partial charge in [0.25, 0.3) is 5.91 Å². The summed E-state index contributed by atoms with van der Waals surface area (Å²) in [6.45, 7) is 6.33. The number of nitrogens with zero attached hydrogens (tertiary/aromatic N) is 3. The summed E-state index contributed by atoms with van der Waals surface area (Å²) in [6.07, 6.45) is 0.402. The Hall–Kier alpha value is -2.66. The van der Waals surface area contributed by atoms with Crippen molar-refractivity contribution in [3.8, 4) is 0 Å². The van der Waals surface area contributed by atoms with E-state index < -0.39 is 0 Å². The zero-order chi connectivity index (χ0) is 18.6. The van der Waals surface area contributed by atoms with E-state index in [0.29, 0.717) is 12.1 Å². The van der Waals surface area contributed by atoms with Gasteiger partial charge in [0.05, 0.1) is 0 Å².